The number of terminal acetylenes is 1. The van der Waals surface area contributed by atoms with E-state index in [2.05, 4.69) is 16.0 Å². The van der Waals surface area contributed by atoms with E-state index in [1.165, 1.54) is 20.8 Å². The average molecular weight is 809 g/mol. The number of rotatable bonds is 9. The second-order valence-electron chi connectivity index (χ2n) is 17.7. The molecule has 0 bridgehead atoms. The predicted molar refractivity (Wildman–Crippen MR) is 213 cm³/mol. The summed E-state index contributed by atoms with van der Waals surface area (Å²) >= 11 is 0. The molecule has 0 aromatic rings. The van der Waals surface area contributed by atoms with Gasteiger partial charge in [0.25, 0.3) is 0 Å². The molecule has 57 heavy (non-hydrogen) atoms. The van der Waals surface area contributed by atoms with E-state index in [0.29, 0.717) is 25.8 Å². The Morgan fingerprint density at radius 1 is 1.00 bits per heavy atom. The molecule has 0 spiro atoms. The number of hydrogen-bond donors (Lipinski definition) is 3. The van der Waals surface area contributed by atoms with E-state index in [1.807, 2.05) is 34.7 Å². The zero-order chi connectivity index (χ0) is 43.2. The number of oxime groups is 1. The SMILES string of the molecule is C#CCCN(C)C1CC(C)OC(O[C@@H]2[C@@H](C)C([C@H]3CC(C)[C@@H](OC(C)=O)C(C)O3)C(C)C(=O)OC(CC)[C@@](C)(O)C(O)C(C)/C(=N/OC(C)=O)[C@H](C)C[C@@]2(C)O)C1. The molecule has 3 fully saturated rings. The number of cyclic esters (lactones) is 1. The van der Waals surface area contributed by atoms with Crippen LogP contribution in [0.2, 0.25) is 0 Å². The van der Waals surface area contributed by atoms with E-state index >= 15 is 0 Å². The minimum Gasteiger partial charge on any atom is -0.460 e. The summed E-state index contributed by atoms with van der Waals surface area (Å²) in [7, 11) is 2.02. The molecular weight excluding hydrogens is 736 g/mol. The molecule has 14 nitrogen and oxygen atoms in total. The van der Waals surface area contributed by atoms with Crippen molar-refractivity contribution in [3.05, 3.63) is 0 Å². The molecule has 10 unspecified atom stereocenters. The van der Waals surface area contributed by atoms with Gasteiger partial charge in [-0.05, 0) is 72.3 Å². The Kier molecular flexibility index (Phi) is 17.6. The van der Waals surface area contributed by atoms with Gasteiger partial charge >= 0.3 is 17.9 Å². The van der Waals surface area contributed by atoms with Crippen LogP contribution in [0.15, 0.2) is 5.16 Å². The number of hydrogen-bond acceptors (Lipinski definition) is 14. The highest BCUT2D eigenvalue weighted by Crippen LogP contribution is 2.44. The molecule has 0 aromatic carbocycles. The highest BCUT2D eigenvalue weighted by molar-refractivity contribution is 5.89. The van der Waals surface area contributed by atoms with E-state index in [9.17, 15) is 29.7 Å². The largest absolute Gasteiger partial charge is 0.460 e. The highest BCUT2D eigenvalue weighted by atomic mass is 16.7. The fraction of sp³-hybridized carbons (Fsp3) is 0.860. The topological polar surface area (TPSA) is 183 Å². The van der Waals surface area contributed by atoms with Crippen molar-refractivity contribution in [2.45, 2.75) is 188 Å². The molecule has 3 heterocycles. The summed E-state index contributed by atoms with van der Waals surface area (Å²) in [5.41, 5.74) is -3.39. The van der Waals surface area contributed by atoms with Crippen molar-refractivity contribution in [2.75, 3.05) is 13.6 Å². The van der Waals surface area contributed by atoms with Crippen LogP contribution in [0.4, 0.5) is 0 Å². The zero-order valence-corrected chi connectivity index (χ0v) is 36.6. The van der Waals surface area contributed by atoms with Crippen LogP contribution in [0.25, 0.3) is 0 Å². The van der Waals surface area contributed by atoms with Gasteiger partial charge in [-0.1, -0.05) is 46.7 Å². The Bertz CT molecular complexity index is 1420. The van der Waals surface area contributed by atoms with Crippen LogP contribution in [-0.4, -0.2) is 124 Å². The summed E-state index contributed by atoms with van der Waals surface area (Å²) in [5.74, 6) is -2.78. The molecule has 3 rings (SSSR count). The van der Waals surface area contributed by atoms with Gasteiger partial charge in [0, 0.05) is 57.0 Å². The predicted octanol–water partition coefficient (Wildman–Crippen LogP) is 4.63. The minimum atomic E-state index is -1.96. The van der Waals surface area contributed by atoms with Gasteiger partial charge in [-0.3, -0.25) is 9.59 Å². The average Bonchev–Trinajstić information content (AvgIpc) is 3.11. The number of nitrogens with zero attached hydrogens (tertiary/aromatic N) is 2. The molecule has 3 aliphatic rings. The highest BCUT2D eigenvalue weighted by Gasteiger charge is 2.53. The van der Waals surface area contributed by atoms with Crippen molar-refractivity contribution >= 4 is 23.6 Å². The fourth-order valence-corrected chi connectivity index (χ4v) is 9.74. The van der Waals surface area contributed by atoms with Crippen LogP contribution in [-0.2, 0) is 42.9 Å². The third kappa shape index (κ3) is 12.2. The Morgan fingerprint density at radius 2 is 1.65 bits per heavy atom. The molecule has 0 amide bonds. The van der Waals surface area contributed by atoms with Crippen LogP contribution in [0.5, 0.6) is 0 Å². The van der Waals surface area contributed by atoms with E-state index in [0.717, 1.165) is 6.42 Å². The number of esters is 2. The molecule has 14 heteroatoms. The number of carbonyl (C=O) groups is 3. The van der Waals surface area contributed by atoms with E-state index in [1.54, 1.807) is 34.6 Å². The Balaban J connectivity index is 2.24. The summed E-state index contributed by atoms with van der Waals surface area (Å²) in [5, 5.41) is 40.7. The first-order chi connectivity index (χ1) is 26.5. The van der Waals surface area contributed by atoms with E-state index < -0.39 is 102 Å². The number of carbonyl (C=O) groups excluding carboxylic acids is 3. The molecular formula is C43H72N2O12. The maximum Gasteiger partial charge on any atom is 0.331 e. The smallest absolute Gasteiger partial charge is 0.331 e. The first-order valence-corrected chi connectivity index (χ1v) is 20.8. The fourth-order valence-electron chi connectivity index (χ4n) is 9.74. The van der Waals surface area contributed by atoms with E-state index in [4.69, 9.17) is 34.9 Å². The van der Waals surface area contributed by atoms with Crippen LogP contribution < -0.4 is 0 Å². The van der Waals surface area contributed by atoms with E-state index in [-0.39, 0.29) is 36.6 Å². The second kappa shape index (κ2) is 20.6. The van der Waals surface area contributed by atoms with Gasteiger partial charge in [0.05, 0.1) is 47.8 Å². The second-order valence-corrected chi connectivity index (χ2v) is 17.7. The summed E-state index contributed by atoms with van der Waals surface area (Å²) in [4.78, 5) is 45.8. The van der Waals surface area contributed by atoms with Crippen molar-refractivity contribution in [2.24, 2.45) is 40.7 Å². The molecule has 0 radical (unpaired) electrons. The lowest BCUT2D eigenvalue weighted by molar-refractivity contribution is -0.270. The third-order valence-electron chi connectivity index (χ3n) is 12.7. The summed E-state index contributed by atoms with van der Waals surface area (Å²) < 4.78 is 31.9. The standard InChI is InChI=1S/C43H72N2O12/c1-15-17-18-45(14)32-20-25(5)52-35(21-32)56-40-26(6)36(33-19-23(3)38(29(9)53-33)54-30(10)46)27(7)41(49)55-34(16-2)43(13,51)39(48)28(8)37(44-57-31(11)47)24(4)22-42(40,12)50/h1,23-29,32-36,38-40,48,50-51H,16-22H2,2-14H3/b44-37+/t23?,24-,25?,26+,27?,28?,29?,32?,33-,34?,35?,36?,38-,39?,40-,42-,43-/m1/s1. The molecule has 0 aromatic heterocycles. The van der Waals surface area contributed by atoms with Gasteiger partial charge in [-0.15, -0.1) is 12.3 Å². The Morgan fingerprint density at radius 3 is 2.21 bits per heavy atom. The Labute approximate surface area is 340 Å². The summed E-state index contributed by atoms with van der Waals surface area (Å²) in [6.45, 7) is 21.0. The molecule has 3 saturated heterocycles. The van der Waals surface area contributed by atoms with Crippen molar-refractivity contribution in [1.29, 1.82) is 0 Å². The van der Waals surface area contributed by atoms with Crippen molar-refractivity contribution in [3.63, 3.8) is 0 Å². The lowest BCUT2D eigenvalue weighted by Crippen LogP contribution is -2.59. The Hall–Kier alpha value is -2.64. The summed E-state index contributed by atoms with van der Waals surface area (Å²) in [6, 6.07) is 0.0830. The van der Waals surface area contributed by atoms with Gasteiger partial charge in [0.1, 0.15) is 17.8 Å². The first kappa shape index (κ1) is 48.7. The van der Waals surface area contributed by atoms with Crippen molar-refractivity contribution < 1.29 is 58.2 Å². The molecule has 0 aliphatic carbocycles. The molecule has 0 saturated carbocycles. The van der Waals surface area contributed by atoms with Gasteiger partial charge in [-0.2, -0.15) is 0 Å². The van der Waals surface area contributed by atoms with Gasteiger partial charge < -0.3 is 48.7 Å². The van der Waals surface area contributed by atoms with Crippen LogP contribution in [0.3, 0.4) is 0 Å². The van der Waals surface area contributed by atoms with Crippen LogP contribution in [0, 0.1) is 47.9 Å². The molecule has 17 atom stereocenters. The number of aliphatic hydroxyl groups is 3. The van der Waals surface area contributed by atoms with Gasteiger partial charge in [-0.25, -0.2) is 4.79 Å². The first-order valence-electron chi connectivity index (χ1n) is 20.8. The zero-order valence-electron chi connectivity index (χ0n) is 36.6. The van der Waals surface area contributed by atoms with Gasteiger partial charge in [0.15, 0.2) is 6.29 Å². The van der Waals surface area contributed by atoms with Crippen molar-refractivity contribution in [3.8, 4) is 12.3 Å². The maximum absolute atomic E-state index is 14.4. The normalized spacial score (nSPS) is 43.4. The van der Waals surface area contributed by atoms with Crippen molar-refractivity contribution in [1.82, 2.24) is 4.90 Å². The van der Waals surface area contributed by atoms with Gasteiger partial charge in [0.2, 0.25) is 0 Å². The lowest BCUT2D eigenvalue weighted by Gasteiger charge is -2.49. The number of aliphatic hydroxyl groups excluding tert-OH is 1. The summed E-state index contributed by atoms with van der Waals surface area (Å²) in [6.07, 6.45) is 1.88. The monoisotopic (exact) mass is 809 g/mol. The molecule has 326 valence electrons. The number of ether oxygens (including phenoxy) is 5. The quantitative estimate of drug-likeness (QED) is 0.127. The maximum atomic E-state index is 14.4. The molecule has 3 N–H and O–H groups in total. The lowest BCUT2D eigenvalue weighted by atomic mass is 9.68. The minimum absolute atomic E-state index is 0.0185. The molecule has 3 aliphatic heterocycles. The van der Waals surface area contributed by atoms with Crippen LogP contribution >= 0.6 is 0 Å². The van der Waals surface area contributed by atoms with Crippen LogP contribution in [0.1, 0.15) is 122 Å². The third-order valence-corrected chi connectivity index (χ3v) is 12.7.